The molecular weight excluding hydrogens is 266 g/mol. The van der Waals surface area contributed by atoms with Crippen molar-refractivity contribution < 1.29 is 0 Å². The largest absolute Gasteiger partial charge is 0.317 e. The van der Waals surface area contributed by atoms with Crippen LogP contribution in [-0.2, 0) is 0 Å². The van der Waals surface area contributed by atoms with Crippen molar-refractivity contribution in [1.82, 2.24) is 4.57 Å². The number of hydrogen-bond acceptors (Lipinski definition) is 1. The maximum absolute atomic E-state index is 4.00. The fraction of sp³-hybridized carbons (Fsp3) is 0.833. The number of rotatable bonds is 4. The predicted octanol–water partition coefficient (Wildman–Crippen LogP) is 4.36. The van der Waals surface area contributed by atoms with Crippen LogP contribution in [0.2, 0.25) is 19.6 Å². The molecule has 1 rings (SSSR count). The summed E-state index contributed by atoms with van der Waals surface area (Å²) in [5.41, 5.74) is 0. The van der Waals surface area contributed by atoms with E-state index < -0.39 is 8.24 Å². The van der Waals surface area contributed by atoms with Gasteiger partial charge in [0.15, 0.2) is 0 Å². The molecule has 15 heavy (non-hydrogen) atoms. The zero-order chi connectivity index (χ0) is 11.5. The molecule has 1 fully saturated rings. The van der Waals surface area contributed by atoms with E-state index in [1.54, 1.807) is 0 Å². The van der Waals surface area contributed by atoms with Gasteiger partial charge < -0.3 is 4.57 Å². The molecule has 1 nitrogen and oxygen atoms in total. The first-order valence-electron chi connectivity index (χ1n) is 6.01. The van der Waals surface area contributed by atoms with Crippen LogP contribution >= 0.6 is 15.9 Å². The first-order chi connectivity index (χ1) is 6.91. The molecule has 0 aromatic heterocycles. The van der Waals surface area contributed by atoms with E-state index in [1.807, 2.05) is 0 Å². The lowest BCUT2D eigenvalue weighted by Gasteiger charge is -2.42. The summed E-state index contributed by atoms with van der Waals surface area (Å²) in [6.45, 7) is 12.4. The Balaban J connectivity index is 2.66. The molecule has 0 N–H and O–H groups in total. The predicted molar refractivity (Wildman–Crippen MR) is 75.0 cm³/mol. The SMILES string of the molecule is C=C(Br)CN(C1CCCCC1)[Si](C)(C)C. The van der Waals surface area contributed by atoms with Gasteiger partial charge in [0, 0.05) is 17.1 Å². The Labute approximate surface area is 104 Å². The minimum atomic E-state index is -1.19. The third-order valence-electron chi connectivity index (χ3n) is 3.22. The zero-order valence-corrected chi connectivity index (χ0v) is 12.9. The second-order valence-corrected chi connectivity index (χ2v) is 11.6. The van der Waals surface area contributed by atoms with E-state index in [2.05, 4.69) is 46.7 Å². The van der Waals surface area contributed by atoms with E-state index in [9.17, 15) is 0 Å². The Hall–Kier alpha value is 0.397. The summed E-state index contributed by atoms with van der Waals surface area (Å²) in [4.78, 5) is 0. The Morgan fingerprint density at radius 3 is 2.20 bits per heavy atom. The summed E-state index contributed by atoms with van der Waals surface area (Å²) in [6, 6.07) is 0.819. The monoisotopic (exact) mass is 289 g/mol. The lowest BCUT2D eigenvalue weighted by molar-refractivity contribution is 0.262. The molecule has 0 bridgehead atoms. The first kappa shape index (κ1) is 13.5. The molecule has 0 aromatic carbocycles. The molecule has 3 heteroatoms. The highest BCUT2D eigenvalue weighted by Crippen LogP contribution is 2.27. The summed E-state index contributed by atoms with van der Waals surface area (Å²) in [7, 11) is -1.19. The fourth-order valence-electron chi connectivity index (χ4n) is 2.49. The first-order valence-corrected chi connectivity index (χ1v) is 10.3. The summed E-state index contributed by atoms with van der Waals surface area (Å²) in [6.07, 6.45) is 7.06. The normalized spacial score (nSPS) is 19.5. The van der Waals surface area contributed by atoms with Crippen LogP contribution in [0.4, 0.5) is 0 Å². The molecule has 1 aliphatic rings. The second kappa shape index (κ2) is 5.64. The number of halogens is 1. The standard InChI is InChI=1S/C12H24BrNSi/c1-11(13)10-14(15(2,3)4)12-8-6-5-7-9-12/h12H,1,5-10H2,2-4H3. The van der Waals surface area contributed by atoms with Gasteiger partial charge in [-0.15, -0.1) is 0 Å². The summed E-state index contributed by atoms with van der Waals surface area (Å²) < 4.78 is 3.87. The van der Waals surface area contributed by atoms with Gasteiger partial charge in [-0.2, -0.15) is 0 Å². The second-order valence-electron chi connectivity index (χ2n) is 5.61. The van der Waals surface area contributed by atoms with Crippen LogP contribution in [-0.4, -0.2) is 25.4 Å². The van der Waals surface area contributed by atoms with Gasteiger partial charge in [0.25, 0.3) is 0 Å². The minimum Gasteiger partial charge on any atom is -0.317 e. The highest BCUT2D eigenvalue weighted by Gasteiger charge is 2.31. The highest BCUT2D eigenvalue weighted by atomic mass is 79.9. The number of nitrogens with zero attached hydrogens (tertiary/aromatic N) is 1. The van der Waals surface area contributed by atoms with Crippen LogP contribution in [0.3, 0.4) is 0 Å². The maximum Gasteiger partial charge on any atom is 0.119 e. The Kier molecular flexibility index (Phi) is 5.07. The van der Waals surface area contributed by atoms with Gasteiger partial charge in [0.1, 0.15) is 8.24 Å². The van der Waals surface area contributed by atoms with Gasteiger partial charge in [0.05, 0.1) is 0 Å². The third kappa shape index (κ3) is 4.41. The third-order valence-corrected chi connectivity index (χ3v) is 5.72. The molecule has 0 radical (unpaired) electrons. The van der Waals surface area contributed by atoms with Crippen molar-refractivity contribution in [1.29, 1.82) is 0 Å². The fourth-order valence-corrected chi connectivity index (χ4v) is 5.01. The van der Waals surface area contributed by atoms with E-state index in [0.29, 0.717) is 0 Å². The lowest BCUT2D eigenvalue weighted by Crippen LogP contribution is -2.52. The van der Waals surface area contributed by atoms with E-state index in [4.69, 9.17) is 0 Å². The van der Waals surface area contributed by atoms with Crippen LogP contribution in [0, 0.1) is 0 Å². The van der Waals surface area contributed by atoms with Crippen LogP contribution in [0.25, 0.3) is 0 Å². The van der Waals surface area contributed by atoms with Gasteiger partial charge in [-0.25, -0.2) is 0 Å². The molecular formula is C12H24BrNSi. The van der Waals surface area contributed by atoms with Crippen molar-refractivity contribution in [2.45, 2.75) is 57.8 Å². The van der Waals surface area contributed by atoms with Crippen molar-refractivity contribution in [3.8, 4) is 0 Å². The summed E-state index contributed by atoms with van der Waals surface area (Å²) in [5.74, 6) is 0. The summed E-state index contributed by atoms with van der Waals surface area (Å²) >= 11 is 3.52. The van der Waals surface area contributed by atoms with E-state index in [1.165, 1.54) is 32.1 Å². The van der Waals surface area contributed by atoms with Crippen LogP contribution < -0.4 is 0 Å². The molecule has 0 spiro atoms. The van der Waals surface area contributed by atoms with Crippen LogP contribution in [0.15, 0.2) is 11.1 Å². The van der Waals surface area contributed by atoms with Crippen LogP contribution in [0.5, 0.6) is 0 Å². The average Bonchev–Trinajstić information content (AvgIpc) is 2.14. The molecule has 1 aliphatic carbocycles. The Morgan fingerprint density at radius 2 is 1.80 bits per heavy atom. The lowest BCUT2D eigenvalue weighted by atomic mass is 9.95. The minimum absolute atomic E-state index is 0.819. The molecule has 0 unspecified atom stereocenters. The zero-order valence-electron chi connectivity index (χ0n) is 10.4. The van der Waals surface area contributed by atoms with E-state index in [0.717, 1.165) is 17.1 Å². The van der Waals surface area contributed by atoms with Gasteiger partial charge in [-0.05, 0) is 12.8 Å². The molecule has 88 valence electrons. The van der Waals surface area contributed by atoms with Gasteiger partial charge >= 0.3 is 0 Å². The molecule has 0 aromatic rings. The molecule has 1 saturated carbocycles. The van der Waals surface area contributed by atoms with Crippen molar-refractivity contribution >= 4 is 24.2 Å². The van der Waals surface area contributed by atoms with Crippen LogP contribution in [0.1, 0.15) is 32.1 Å². The molecule has 0 amide bonds. The van der Waals surface area contributed by atoms with Crippen molar-refractivity contribution in [3.05, 3.63) is 11.1 Å². The van der Waals surface area contributed by atoms with E-state index >= 15 is 0 Å². The van der Waals surface area contributed by atoms with Crippen molar-refractivity contribution in [2.24, 2.45) is 0 Å². The van der Waals surface area contributed by atoms with Gasteiger partial charge in [-0.3, -0.25) is 0 Å². The summed E-state index contributed by atoms with van der Waals surface area (Å²) in [5, 5.41) is 0. The van der Waals surface area contributed by atoms with Crippen molar-refractivity contribution in [2.75, 3.05) is 6.54 Å². The topological polar surface area (TPSA) is 3.24 Å². The quantitative estimate of drug-likeness (QED) is 0.695. The number of hydrogen-bond donors (Lipinski definition) is 0. The maximum atomic E-state index is 4.00. The van der Waals surface area contributed by atoms with E-state index in [-0.39, 0.29) is 0 Å². The molecule has 0 heterocycles. The average molecular weight is 290 g/mol. The van der Waals surface area contributed by atoms with Gasteiger partial charge in [-0.1, -0.05) is 61.4 Å². The molecule has 0 aliphatic heterocycles. The molecule has 0 atom stereocenters. The van der Waals surface area contributed by atoms with Gasteiger partial charge in [0.2, 0.25) is 0 Å². The Bertz CT molecular complexity index is 216. The molecule has 0 saturated heterocycles. The highest BCUT2D eigenvalue weighted by molar-refractivity contribution is 9.11. The Morgan fingerprint density at radius 1 is 1.27 bits per heavy atom. The van der Waals surface area contributed by atoms with Crippen molar-refractivity contribution in [3.63, 3.8) is 0 Å². The smallest absolute Gasteiger partial charge is 0.119 e.